The zero-order valence-electron chi connectivity index (χ0n) is 17.0. The molecule has 32 heavy (non-hydrogen) atoms. The largest absolute Gasteiger partial charge is 2.00 e. The second-order valence-electron chi connectivity index (χ2n) is 6.92. The van der Waals surface area contributed by atoms with Crippen LogP contribution in [-0.4, -0.2) is 15.0 Å². The quantitative estimate of drug-likeness (QED) is 0.233. The van der Waals surface area contributed by atoms with E-state index in [0.717, 1.165) is 38.9 Å². The molecule has 0 fully saturated rings. The van der Waals surface area contributed by atoms with E-state index in [2.05, 4.69) is 38.1 Å². The molecule has 0 radical (unpaired) electrons. The normalized spacial score (nSPS) is 10.2. The molecule has 3 heterocycles. The van der Waals surface area contributed by atoms with Crippen molar-refractivity contribution in [2.75, 3.05) is 0 Å². The smallest absolute Gasteiger partial charge is 0.434 e. The van der Waals surface area contributed by atoms with Gasteiger partial charge in [0.25, 0.3) is 0 Å². The van der Waals surface area contributed by atoms with Crippen LogP contribution in [0.2, 0.25) is 0 Å². The molecule has 0 aliphatic rings. The minimum atomic E-state index is 0. The Morgan fingerprint density at radius 3 is 2.19 bits per heavy atom. The van der Waals surface area contributed by atoms with E-state index in [1.54, 1.807) is 6.20 Å². The number of para-hydroxylation sites is 3. The van der Waals surface area contributed by atoms with Gasteiger partial charge in [0, 0.05) is 11.6 Å². The third-order valence-corrected chi connectivity index (χ3v) is 4.81. The molecule has 156 valence electrons. The first kappa shape index (κ1) is 21.6. The SMILES string of the molecule is [Pt+2].[c-]1ccccc1-c1ccccn1.c1ccc2nc(-c3nc4ccccc4[n-]3)ccc2c1. The standard InChI is InChI=1S/C16H10N3.C11H8N.Pt/c1-2-6-12-11(5-1)9-10-15(17-12)16-18-13-7-3-4-8-14(13)19-16;1-2-6-10(7-3-1)11-8-4-5-9-12-11;/h1-10H;1-6,8-9H;/q2*-1;+2. The maximum atomic E-state index is 4.62. The molecule has 0 amide bonds. The maximum Gasteiger partial charge on any atom is 2.00 e. The van der Waals surface area contributed by atoms with Gasteiger partial charge in [-0.3, -0.25) is 0 Å². The summed E-state index contributed by atoms with van der Waals surface area (Å²) in [7, 11) is 0. The molecule has 5 heteroatoms. The second-order valence-corrected chi connectivity index (χ2v) is 6.92. The number of aromatic nitrogens is 4. The molecule has 6 aromatic rings. The van der Waals surface area contributed by atoms with Gasteiger partial charge in [-0.25, -0.2) is 4.98 Å². The summed E-state index contributed by atoms with van der Waals surface area (Å²) < 4.78 is 0. The van der Waals surface area contributed by atoms with Crippen LogP contribution in [0.25, 0.3) is 44.7 Å². The van der Waals surface area contributed by atoms with E-state index in [1.807, 2.05) is 91.0 Å². The molecule has 6 rings (SSSR count). The average molecular weight is 594 g/mol. The minimum Gasteiger partial charge on any atom is -0.434 e. The summed E-state index contributed by atoms with van der Waals surface area (Å²) in [5, 5.41) is 1.13. The van der Waals surface area contributed by atoms with Gasteiger partial charge in [0.05, 0.1) is 11.2 Å². The van der Waals surface area contributed by atoms with Crippen molar-refractivity contribution in [3.05, 3.63) is 115 Å². The van der Waals surface area contributed by atoms with Crippen molar-refractivity contribution in [2.24, 2.45) is 0 Å². The number of imidazole rings is 1. The molecular formula is C27H18N4Pt. The van der Waals surface area contributed by atoms with E-state index in [9.17, 15) is 0 Å². The van der Waals surface area contributed by atoms with Gasteiger partial charge in [-0.15, -0.1) is 35.9 Å². The Labute approximate surface area is 200 Å². The van der Waals surface area contributed by atoms with Crippen LogP contribution in [0.15, 0.2) is 109 Å². The second kappa shape index (κ2) is 10.1. The monoisotopic (exact) mass is 593 g/mol. The van der Waals surface area contributed by atoms with Gasteiger partial charge < -0.3 is 15.0 Å². The van der Waals surface area contributed by atoms with Gasteiger partial charge in [0.15, 0.2) is 0 Å². The van der Waals surface area contributed by atoms with Crippen LogP contribution in [0.1, 0.15) is 0 Å². The van der Waals surface area contributed by atoms with Crippen molar-refractivity contribution in [3.8, 4) is 22.8 Å². The summed E-state index contributed by atoms with van der Waals surface area (Å²) in [5.74, 6) is 0.687. The Hall–Kier alpha value is -3.62. The molecule has 0 spiro atoms. The minimum absolute atomic E-state index is 0. The Bertz CT molecular complexity index is 1360. The molecule has 0 bridgehead atoms. The molecule has 0 N–H and O–H groups in total. The van der Waals surface area contributed by atoms with E-state index in [1.165, 1.54) is 0 Å². The van der Waals surface area contributed by atoms with E-state index in [-0.39, 0.29) is 21.1 Å². The summed E-state index contributed by atoms with van der Waals surface area (Å²) in [4.78, 5) is 17.9. The first-order chi connectivity index (χ1) is 15.4. The van der Waals surface area contributed by atoms with Gasteiger partial charge >= 0.3 is 21.1 Å². The molecular weight excluding hydrogens is 575 g/mol. The third-order valence-electron chi connectivity index (χ3n) is 4.81. The molecule has 3 aromatic heterocycles. The fourth-order valence-electron chi connectivity index (χ4n) is 3.29. The van der Waals surface area contributed by atoms with Crippen molar-refractivity contribution < 1.29 is 21.1 Å². The van der Waals surface area contributed by atoms with Gasteiger partial charge in [-0.05, 0) is 40.8 Å². The van der Waals surface area contributed by atoms with Crippen LogP contribution in [0.3, 0.4) is 0 Å². The van der Waals surface area contributed by atoms with E-state index in [4.69, 9.17) is 0 Å². The molecule has 0 unspecified atom stereocenters. The zero-order chi connectivity index (χ0) is 20.9. The number of fused-ring (bicyclic) bond motifs is 2. The average Bonchev–Trinajstić information content (AvgIpc) is 3.30. The maximum absolute atomic E-state index is 4.62. The molecule has 0 aliphatic heterocycles. The predicted molar refractivity (Wildman–Crippen MR) is 124 cm³/mol. The predicted octanol–water partition coefficient (Wildman–Crippen LogP) is 5.95. The number of rotatable bonds is 2. The van der Waals surface area contributed by atoms with Crippen LogP contribution >= 0.6 is 0 Å². The molecule has 3 aromatic carbocycles. The first-order valence-corrected chi connectivity index (χ1v) is 10.0. The van der Waals surface area contributed by atoms with Crippen LogP contribution in [-0.2, 0) is 21.1 Å². The van der Waals surface area contributed by atoms with E-state index < -0.39 is 0 Å². The van der Waals surface area contributed by atoms with E-state index >= 15 is 0 Å². The van der Waals surface area contributed by atoms with Crippen LogP contribution < -0.4 is 4.98 Å². The van der Waals surface area contributed by atoms with Crippen molar-refractivity contribution in [1.29, 1.82) is 0 Å². The van der Waals surface area contributed by atoms with Crippen LogP contribution in [0.4, 0.5) is 0 Å². The zero-order valence-corrected chi connectivity index (χ0v) is 19.3. The fourth-order valence-corrected chi connectivity index (χ4v) is 3.29. The summed E-state index contributed by atoms with van der Waals surface area (Å²) in [5.41, 5.74) is 5.61. The number of hydrogen-bond donors (Lipinski definition) is 0. The molecule has 4 nitrogen and oxygen atoms in total. The van der Waals surface area contributed by atoms with Gasteiger partial charge in [-0.1, -0.05) is 60.7 Å². The third kappa shape index (κ3) is 4.82. The molecule has 0 saturated carbocycles. The number of hydrogen-bond acceptors (Lipinski definition) is 3. The Balaban J connectivity index is 0.000000164. The molecule has 0 atom stereocenters. The fraction of sp³-hybridized carbons (Fsp3) is 0. The van der Waals surface area contributed by atoms with Crippen molar-refractivity contribution in [2.45, 2.75) is 0 Å². The Morgan fingerprint density at radius 2 is 1.41 bits per heavy atom. The summed E-state index contributed by atoms with van der Waals surface area (Å²) in [6.07, 6.45) is 1.79. The number of benzene rings is 3. The summed E-state index contributed by atoms with van der Waals surface area (Å²) in [6, 6.07) is 36.8. The summed E-state index contributed by atoms with van der Waals surface area (Å²) in [6.45, 7) is 0. The summed E-state index contributed by atoms with van der Waals surface area (Å²) >= 11 is 0. The van der Waals surface area contributed by atoms with Gasteiger partial charge in [-0.2, -0.15) is 0 Å². The van der Waals surface area contributed by atoms with Gasteiger partial charge in [0.1, 0.15) is 0 Å². The van der Waals surface area contributed by atoms with E-state index in [0.29, 0.717) is 5.82 Å². The van der Waals surface area contributed by atoms with Crippen LogP contribution in [0, 0.1) is 6.07 Å². The molecule has 0 aliphatic carbocycles. The van der Waals surface area contributed by atoms with Crippen molar-refractivity contribution in [3.63, 3.8) is 0 Å². The topological polar surface area (TPSA) is 52.8 Å². The molecule has 0 saturated heterocycles. The number of pyridine rings is 2. The van der Waals surface area contributed by atoms with Crippen molar-refractivity contribution >= 4 is 21.9 Å². The van der Waals surface area contributed by atoms with Gasteiger partial charge in [0.2, 0.25) is 0 Å². The van der Waals surface area contributed by atoms with Crippen LogP contribution in [0.5, 0.6) is 0 Å². The first-order valence-electron chi connectivity index (χ1n) is 10.0. The van der Waals surface area contributed by atoms with Crippen molar-refractivity contribution in [1.82, 2.24) is 19.9 Å². The number of nitrogens with zero attached hydrogens (tertiary/aromatic N) is 4. The Morgan fingerprint density at radius 1 is 0.625 bits per heavy atom. The Kier molecular flexibility index (Phi) is 6.84.